The van der Waals surface area contributed by atoms with E-state index in [2.05, 4.69) is 0 Å². The average molecular weight is 240 g/mol. The van der Waals surface area contributed by atoms with Gasteiger partial charge in [-0.05, 0) is 5.56 Å². The largest absolute Gasteiger partial charge is 0.388 e. The third-order valence-electron chi connectivity index (χ3n) is 2.71. The van der Waals surface area contributed by atoms with Crippen molar-refractivity contribution in [2.75, 3.05) is 6.61 Å². The highest BCUT2D eigenvalue weighted by molar-refractivity contribution is 5.13. The minimum atomic E-state index is -1.23. The molecular formula is C12H16O5. The highest BCUT2D eigenvalue weighted by Crippen LogP contribution is 2.17. The lowest BCUT2D eigenvalue weighted by Gasteiger charge is -2.34. The number of ether oxygens (including phenoxy) is 2. The Morgan fingerprint density at radius 2 is 1.82 bits per heavy atom. The first-order valence-electron chi connectivity index (χ1n) is 5.50. The Balaban J connectivity index is 1.87. The molecular weight excluding hydrogens is 224 g/mol. The van der Waals surface area contributed by atoms with Crippen molar-refractivity contribution in [3.8, 4) is 0 Å². The maximum Gasteiger partial charge on any atom is 0.186 e. The first-order chi connectivity index (χ1) is 8.18. The Bertz CT molecular complexity index is 342. The molecule has 1 saturated heterocycles. The molecule has 0 unspecified atom stereocenters. The molecule has 0 bridgehead atoms. The Morgan fingerprint density at radius 3 is 2.53 bits per heavy atom. The maximum absolute atomic E-state index is 9.63. The smallest absolute Gasteiger partial charge is 0.186 e. The molecule has 0 saturated carbocycles. The van der Waals surface area contributed by atoms with Crippen LogP contribution in [0.1, 0.15) is 5.56 Å². The molecule has 1 aliphatic heterocycles. The van der Waals surface area contributed by atoms with Crippen molar-refractivity contribution in [3.63, 3.8) is 0 Å². The lowest BCUT2D eigenvalue weighted by Crippen LogP contribution is -2.53. The van der Waals surface area contributed by atoms with E-state index in [1.54, 1.807) is 0 Å². The molecule has 3 N–H and O–H groups in total. The first-order valence-corrected chi connectivity index (χ1v) is 5.50. The van der Waals surface area contributed by atoms with Crippen LogP contribution in [0.5, 0.6) is 0 Å². The van der Waals surface area contributed by atoms with Crippen LogP contribution in [0.25, 0.3) is 0 Å². The van der Waals surface area contributed by atoms with Crippen molar-refractivity contribution in [3.05, 3.63) is 35.9 Å². The molecule has 0 aromatic heterocycles. The van der Waals surface area contributed by atoms with Crippen molar-refractivity contribution >= 4 is 0 Å². The second-order valence-corrected chi connectivity index (χ2v) is 4.05. The molecule has 0 radical (unpaired) electrons. The molecule has 1 heterocycles. The molecule has 1 aliphatic rings. The second kappa shape index (κ2) is 5.57. The Kier molecular flexibility index (Phi) is 4.09. The first kappa shape index (κ1) is 12.5. The summed E-state index contributed by atoms with van der Waals surface area (Å²) < 4.78 is 10.5. The number of rotatable bonds is 3. The third kappa shape index (κ3) is 3.02. The Hall–Kier alpha value is -0.980. The third-order valence-corrected chi connectivity index (χ3v) is 2.71. The van der Waals surface area contributed by atoms with Crippen molar-refractivity contribution in [1.29, 1.82) is 0 Å². The number of hydrogen-bond donors (Lipinski definition) is 3. The highest BCUT2D eigenvalue weighted by atomic mass is 16.7. The van der Waals surface area contributed by atoms with Gasteiger partial charge in [-0.1, -0.05) is 30.3 Å². The maximum atomic E-state index is 9.63. The van der Waals surface area contributed by atoms with Crippen LogP contribution in [0.3, 0.4) is 0 Å². The van der Waals surface area contributed by atoms with Crippen molar-refractivity contribution in [2.45, 2.75) is 31.2 Å². The SMILES string of the molecule is O[C@H]1[C@@H](OCc2ccccc2)OC[C@@H](O)[C@H]1O. The van der Waals surface area contributed by atoms with Gasteiger partial charge in [0.05, 0.1) is 13.2 Å². The van der Waals surface area contributed by atoms with Crippen molar-refractivity contribution in [2.24, 2.45) is 0 Å². The lowest BCUT2D eigenvalue weighted by atomic mass is 10.1. The molecule has 1 aromatic carbocycles. The summed E-state index contributed by atoms with van der Waals surface area (Å²) in [6, 6.07) is 9.45. The van der Waals surface area contributed by atoms with Gasteiger partial charge in [0.25, 0.3) is 0 Å². The summed E-state index contributed by atoms with van der Waals surface area (Å²) in [7, 11) is 0. The van der Waals surface area contributed by atoms with Gasteiger partial charge in [0, 0.05) is 0 Å². The molecule has 0 amide bonds. The van der Waals surface area contributed by atoms with Gasteiger partial charge in [-0.2, -0.15) is 0 Å². The monoisotopic (exact) mass is 240 g/mol. The van der Waals surface area contributed by atoms with Crippen molar-refractivity contribution in [1.82, 2.24) is 0 Å². The minimum absolute atomic E-state index is 0.0440. The summed E-state index contributed by atoms with van der Waals surface area (Å²) in [5, 5.41) is 28.3. The van der Waals surface area contributed by atoms with E-state index in [9.17, 15) is 15.3 Å². The van der Waals surface area contributed by atoms with Crippen LogP contribution in [-0.2, 0) is 16.1 Å². The molecule has 2 rings (SSSR count). The summed E-state index contributed by atoms with van der Waals surface area (Å²) in [5.74, 6) is 0. The van der Waals surface area contributed by atoms with Gasteiger partial charge >= 0.3 is 0 Å². The van der Waals surface area contributed by atoms with E-state index in [0.717, 1.165) is 5.56 Å². The molecule has 4 atom stereocenters. The summed E-state index contributed by atoms with van der Waals surface area (Å²) in [6.07, 6.45) is -4.44. The molecule has 0 aliphatic carbocycles. The zero-order valence-electron chi connectivity index (χ0n) is 9.27. The van der Waals surface area contributed by atoms with E-state index in [4.69, 9.17) is 9.47 Å². The van der Waals surface area contributed by atoms with Gasteiger partial charge in [-0.25, -0.2) is 0 Å². The van der Waals surface area contributed by atoms with Crippen LogP contribution in [0.4, 0.5) is 0 Å². The molecule has 0 spiro atoms. The zero-order valence-corrected chi connectivity index (χ0v) is 9.27. The molecule has 94 valence electrons. The van der Waals surface area contributed by atoms with E-state index in [1.165, 1.54) is 0 Å². The number of hydrogen-bond acceptors (Lipinski definition) is 5. The molecule has 1 aromatic rings. The Labute approximate surface area is 99.2 Å². The molecule has 1 fully saturated rings. The van der Waals surface area contributed by atoms with E-state index in [1.807, 2.05) is 30.3 Å². The van der Waals surface area contributed by atoms with Gasteiger partial charge in [0.1, 0.15) is 18.3 Å². The van der Waals surface area contributed by atoms with E-state index in [0.29, 0.717) is 0 Å². The topological polar surface area (TPSA) is 79.2 Å². The lowest BCUT2D eigenvalue weighted by molar-refractivity contribution is -0.273. The summed E-state index contributed by atoms with van der Waals surface area (Å²) in [4.78, 5) is 0. The van der Waals surface area contributed by atoms with Crippen LogP contribution in [-0.4, -0.2) is 46.5 Å². The van der Waals surface area contributed by atoms with Gasteiger partial charge < -0.3 is 24.8 Å². The van der Waals surface area contributed by atoms with Crippen molar-refractivity contribution < 1.29 is 24.8 Å². The molecule has 17 heavy (non-hydrogen) atoms. The highest BCUT2D eigenvalue weighted by Gasteiger charge is 2.38. The van der Waals surface area contributed by atoms with Gasteiger partial charge in [-0.3, -0.25) is 0 Å². The van der Waals surface area contributed by atoms with Crippen LogP contribution in [0, 0.1) is 0 Å². The van der Waals surface area contributed by atoms with E-state index in [-0.39, 0.29) is 13.2 Å². The summed E-state index contributed by atoms with van der Waals surface area (Å²) in [5.41, 5.74) is 0.948. The number of benzene rings is 1. The van der Waals surface area contributed by atoms with Gasteiger partial charge in [-0.15, -0.1) is 0 Å². The van der Waals surface area contributed by atoms with E-state index < -0.39 is 24.6 Å². The van der Waals surface area contributed by atoms with Crippen LogP contribution in [0.15, 0.2) is 30.3 Å². The van der Waals surface area contributed by atoms with Crippen LogP contribution >= 0.6 is 0 Å². The minimum Gasteiger partial charge on any atom is -0.388 e. The summed E-state index contributed by atoms with van der Waals surface area (Å²) in [6.45, 7) is 0.239. The fourth-order valence-corrected chi connectivity index (χ4v) is 1.68. The average Bonchev–Trinajstić information content (AvgIpc) is 2.36. The van der Waals surface area contributed by atoms with Gasteiger partial charge in [0.2, 0.25) is 0 Å². The number of aliphatic hydroxyl groups excluding tert-OH is 3. The standard InChI is InChI=1S/C12H16O5/c13-9-7-17-12(11(15)10(9)14)16-6-8-4-2-1-3-5-8/h1-5,9-15H,6-7H2/t9-,10-,11-,12+/m1/s1. The fraction of sp³-hybridized carbons (Fsp3) is 0.500. The van der Waals surface area contributed by atoms with E-state index >= 15 is 0 Å². The molecule has 5 heteroatoms. The fourth-order valence-electron chi connectivity index (χ4n) is 1.68. The van der Waals surface area contributed by atoms with Gasteiger partial charge in [0.15, 0.2) is 6.29 Å². The predicted molar refractivity (Wildman–Crippen MR) is 59.0 cm³/mol. The second-order valence-electron chi connectivity index (χ2n) is 4.05. The van der Waals surface area contributed by atoms with Crippen LogP contribution in [0.2, 0.25) is 0 Å². The molecule has 5 nitrogen and oxygen atoms in total. The predicted octanol–water partition coefficient (Wildman–Crippen LogP) is -0.358. The quantitative estimate of drug-likeness (QED) is 0.672. The Morgan fingerprint density at radius 1 is 1.12 bits per heavy atom. The normalized spacial score (nSPS) is 33.6. The zero-order chi connectivity index (χ0) is 12.3. The summed E-state index contributed by atoms with van der Waals surface area (Å²) >= 11 is 0. The number of aliphatic hydroxyl groups is 3. The van der Waals surface area contributed by atoms with Crippen LogP contribution < -0.4 is 0 Å².